The van der Waals surface area contributed by atoms with Gasteiger partial charge in [0.1, 0.15) is 5.01 Å². The lowest BCUT2D eigenvalue weighted by atomic mass is 9.91. The minimum absolute atomic E-state index is 0.313. The van der Waals surface area contributed by atoms with E-state index in [2.05, 4.69) is 24.1 Å². The predicted octanol–water partition coefficient (Wildman–Crippen LogP) is 1.77. The number of aryl methyl sites for hydroxylation is 1. The number of fused-ring (bicyclic) bond motifs is 1. The molecule has 3 nitrogen and oxygen atoms in total. The number of hydrogen-bond donors (Lipinski definition) is 1. The minimum atomic E-state index is 0.313. The van der Waals surface area contributed by atoms with Crippen molar-refractivity contribution in [2.24, 2.45) is 0 Å². The summed E-state index contributed by atoms with van der Waals surface area (Å²) in [7, 11) is 0. The molecule has 1 aliphatic heterocycles. The lowest BCUT2D eigenvalue weighted by molar-refractivity contribution is 0.232. The lowest BCUT2D eigenvalue weighted by Gasteiger charge is -2.26. The number of hydrogen-bond acceptors (Lipinski definition) is 4. The molecule has 0 unspecified atom stereocenters. The standard InChI is InChI=1S/C13H21N3S/c1-13(2)4-3-10-12(13)15-11(17-10)9-16-7-5-14-6-8-16/h14H,3-9H2,1-2H3. The van der Waals surface area contributed by atoms with Crippen molar-refractivity contribution < 1.29 is 0 Å². The van der Waals surface area contributed by atoms with Gasteiger partial charge in [0.25, 0.3) is 0 Å². The van der Waals surface area contributed by atoms with Crippen molar-refractivity contribution in [1.29, 1.82) is 0 Å². The zero-order valence-corrected chi connectivity index (χ0v) is 11.6. The number of thiazole rings is 1. The second kappa shape index (κ2) is 4.34. The van der Waals surface area contributed by atoms with E-state index in [9.17, 15) is 0 Å². The van der Waals surface area contributed by atoms with Crippen molar-refractivity contribution in [3.8, 4) is 0 Å². The van der Waals surface area contributed by atoms with Gasteiger partial charge in [-0.2, -0.15) is 0 Å². The Hall–Kier alpha value is -0.450. The molecule has 17 heavy (non-hydrogen) atoms. The highest BCUT2D eigenvalue weighted by Crippen LogP contribution is 2.40. The van der Waals surface area contributed by atoms with Crippen LogP contribution < -0.4 is 5.32 Å². The van der Waals surface area contributed by atoms with Crippen molar-refractivity contribution in [2.45, 2.75) is 38.6 Å². The number of piperazine rings is 1. The van der Waals surface area contributed by atoms with Crippen molar-refractivity contribution in [1.82, 2.24) is 15.2 Å². The van der Waals surface area contributed by atoms with Crippen LogP contribution in [0.2, 0.25) is 0 Å². The van der Waals surface area contributed by atoms with E-state index in [1.54, 1.807) is 4.88 Å². The highest BCUT2D eigenvalue weighted by atomic mass is 32.1. The van der Waals surface area contributed by atoms with Gasteiger partial charge in [-0.25, -0.2) is 4.98 Å². The normalized spacial score (nSPS) is 23.9. The zero-order chi connectivity index (χ0) is 11.9. The number of nitrogens with zero attached hydrogens (tertiary/aromatic N) is 2. The second-order valence-electron chi connectivity index (χ2n) is 5.79. The molecule has 1 aromatic heterocycles. The maximum atomic E-state index is 4.89. The monoisotopic (exact) mass is 251 g/mol. The maximum Gasteiger partial charge on any atom is 0.107 e. The average Bonchev–Trinajstić information content (AvgIpc) is 2.82. The van der Waals surface area contributed by atoms with Crippen molar-refractivity contribution >= 4 is 11.3 Å². The molecular weight excluding hydrogens is 230 g/mol. The molecular formula is C13H21N3S. The van der Waals surface area contributed by atoms with E-state index in [1.807, 2.05) is 11.3 Å². The maximum absolute atomic E-state index is 4.89. The third-order valence-electron chi connectivity index (χ3n) is 3.93. The molecule has 0 amide bonds. The molecule has 0 bridgehead atoms. The SMILES string of the molecule is CC1(C)CCc2sc(CN3CCNCC3)nc21. The fourth-order valence-electron chi connectivity index (χ4n) is 2.77. The molecule has 94 valence electrons. The van der Waals surface area contributed by atoms with Crippen LogP contribution in [0.25, 0.3) is 0 Å². The molecule has 2 heterocycles. The molecule has 1 aromatic rings. The van der Waals surface area contributed by atoms with E-state index in [4.69, 9.17) is 4.98 Å². The van der Waals surface area contributed by atoms with Gasteiger partial charge in [0.05, 0.1) is 12.2 Å². The zero-order valence-electron chi connectivity index (χ0n) is 10.8. The lowest BCUT2D eigenvalue weighted by Crippen LogP contribution is -2.42. The highest BCUT2D eigenvalue weighted by Gasteiger charge is 2.33. The van der Waals surface area contributed by atoms with Crippen molar-refractivity contribution in [2.75, 3.05) is 26.2 Å². The molecule has 1 N–H and O–H groups in total. The Morgan fingerprint density at radius 3 is 2.82 bits per heavy atom. The molecule has 0 spiro atoms. The van der Waals surface area contributed by atoms with Gasteiger partial charge < -0.3 is 5.32 Å². The topological polar surface area (TPSA) is 28.2 Å². The Labute approximate surface area is 107 Å². The Bertz CT molecular complexity index is 405. The Morgan fingerprint density at radius 1 is 1.35 bits per heavy atom. The van der Waals surface area contributed by atoms with Crippen LogP contribution in [0.3, 0.4) is 0 Å². The van der Waals surface area contributed by atoms with Gasteiger partial charge in [0.15, 0.2) is 0 Å². The summed E-state index contributed by atoms with van der Waals surface area (Å²) in [5, 5.41) is 4.72. The molecule has 0 saturated carbocycles. The summed E-state index contributed by atoms with van der Waals surface area (Å²) in [6, 6.07) is 0. The largest absolute Gasteiger partial charge is 0.314 e. The molecule has 0 aromatic carbocycles. The van der Waals surface area contributed by atoms with E-state index in [0.29, 0.717) is 5.41 Å². The van der Waals surface area contributed by atoms with Gasteiger partial charge >= 0.3 is 0 Å². The molecule has 1 saturated heterocycles. The van der Waals surface area contributed by atoms with Crippen LogP contribution in [-0.4, -0.2) is 36.1 Å². The molecule has 1 aliphatic carbocycles. The van der Waals surface area contributed by atoms with Crippen LogP contribution in [0, 0.1) is 0 Å². The van der Waals surface area contributed by atoms with E-state index in [-0.39, 0.29) is 0 Å². The molecule has 2 aliphatic rings. The third-order valence-corrected chi connectivity index (χ3v) is 5.03. The summed E-state index contributed by atoms with van der Waals surface area (Å²) in [5.41, 5.74) is 1.70. The first-order chi connectivity index (χ1) is 8.15. The summed E-state index contributed by atoms with van der Waals surface area (Å²) >= 11 is 1.94. The Balaban J connectivity index is 1.73. The first-order valence-corrected chi connectivity index (χ1v) is 7.39. The van der Waals surface area contributed by atoms with Crippen LogP contribution >= 0.6 is 11.3 Å². The molecule has 3 rings (SSSR count). The van der Waals surface area contributed by atoms with Crippen LogP contribution in [-0.2, 0) is 18.4 Å². The summed E-state index contributed by atoms with van der Waals surface area (Å²) in [4.78, 5) is 8.95. The number of nitrogens with one attached hydrogen (secondary N) is 1. The van der Waals surface area contributed by atoms with Gasteiger partial charge in [0, 0.05) is 36.5 Å². The quantitative estimate of drug-likeness (QED) is 0.868. The van der Waals surface area contributed by atoms with Crippen LogP contribution in [0.4, 0.5) is 0 Å². The van der Waals surface area contributed by atoms with Gasteiger partial charge in [-0.05, 0) is 12.8 Å². The smallest absolute Gasteiger partial charge is 0.107 e. The fourth-order valence-corrected chi connectivity index (χ4v) is 4.06. The van der Waals surface area contributed by atoms with E-state index in [1.165, 1.54) is 23.5 Å². The van der Waals surface area contributed by atoms with Crippen LogP contribution in [0.15, 0.2) is 0 Å². The van der Waals surface area contributed by atoms with Crippen LogP contribution in [0.5, 0.6) is 0 Å². The Kier molecular flexibility index (Phi) is 2.97. The van der Waals surface area contributed by atoms with Gasteiger partial charge in [-0.15, -0.1) is 11.3 Å². The average molecular weight is 251 g/mol. The molecule has 0 radical (unpaired) electrons. The van der Waals surface area contributed by atoms with E-state index in [0.717, 1.165) is 32.7 Å². The van der Waals surface area contributed by atoms with Gasteiger partial charge in [0.2, 0.25) is 0 Å². The fraction of sp³-hybridized carbons (Fsp3) is 0.769. The second-order valence-corrected chi connectivity index (χ2v) is 6.96. The minimum Gasteiger partial charge on any atom is -0.314 e. The van der Waals surface area contributed by atoms with E-state index >= 15 is 0 Å². The third kappa shape index (κ3) is 2.26. The number of aromatic nitrogens is 1. The van der Waals surface area contributed by atoms with Gasteiger partial charge in [-0.1, -0.05) is 13.8 Å². The number of rotatable bonds is 2. The van der Waals surface area contributed by atoms with Crippen LogP contribution in [0.1, 0.15) is 35.8 Å². The molecule has 1 fully saturated rings. The first kappa shape index (κ1) is 11.6. The molecule has 0 atom stereocenters. The molecule has 4 heteroatoms. The highest BCUT2D eigenvalue weighted by molar-refractivity contribution is 7.11. The summed E-state index contributed by atoms with van der Waals surface area (Å²) < 4.78 is 0. The summed E-state index contributed by atoms with van der Waals surface area (Å²) in [6.45, 7) is 10.3. The van der Waals surface area contributed by atoms with E-state index < -0.39 is 0 Å². The summed E-state index contributed by atoms with van der Waals surface area (Å²) in [6.07, 6.45) is 2.51. The summed E-state index contributed by atoms with van der Waals surface area (Å²) in [5.74, 6) is 0. The van der Waals surface area contributed by atoms with Crippen molar-refractivity contribution in [3.63, 3.8) is 0 Å². The predicted molar refractivity (Wildman–Crippen MR) is 71.6 cm³/mol. The van der Waals surface area contributed by atoms with Gasteiger partial charge in [-0.3, -0.25) is 4.90 Å². The van der Waals surface area contributed by atoms with Crippen molar-refractivity contribution in [3.05, 3.63) is 15.6 Å². The first-order valence-electron chi connectivity index (χ1n) is 6.57. The Morgan fingerprint density at radius 2 is 2.12 bits per heavy atom.